The maximum absolute atomic E-state index is 13.6. The highest BCUT2D eigenvalue weighted by atomic mass is 19.1. The summed E-state index contributed by atoms with van der Waals surface area (Å²) in [5.41, 5.74) is 6.40. The minimum Gasteiger partial charge on any atom is -0.444 e. The van der Waals surface area contributed by atoms with E-state index in [1.54, 1.807) is 20.8 Å². The molecular formula is C17H26FN3O2. The van der Waals surface area contributed by atoms with Crippen LogP contribution >= 0.6 is 0 Å². The molecule has 1 aliphatic rings. The highest BCUT2D eigenvalue weighted by molar-refractivity contribution is 5.89. The number of nitrogens with one attached hydrogen (secondary N) is 2. The number of amides is 1. The summed E-state index contributed by atoms with van der Waals surface area (Å²) in [7, 11) is 0. The Morgan fingerprint density at radius 2 is 1.87 bits per heavy atom. The predicted octanol–water partition coefficient (Wildman–Crippen LogP) is 3.85. The van der Waals surface area contributed by atoms with Gasteiger partial charge in [-0.1, -0.05) is 0 Å². The molecule has 1 saturated carbocycles. The van der Waals surface area contributed by atoms with Gasteiger partial charge in [-0.2, -0.15) is 0 Å². The van der Waals surface area contributed by atoms with Gasteiger partial charge in [0.05, 0.1) is 11.4 Å². The number of carbonyl (C=O) groups excluding carboxylic acids is 1. The quantitative estimate of drug-likeness (QED) is 0.789. The van der Waals surface area contributed by atoms with Gasteiger partial charge in [-0.05, 0) is 64.7 Å². The van der Waals surface area contributed by atoms with E-state index in [4.69, 9.17) is 10.5 Å². The van der Waals surface area contributed by atoms with Crippen LogP contribution in [0.15, 0.2) is 18.2 Å². The van der Waals surface area contributed by atoms with Crippen molar-refractivity contribution in [2.45, 2.75) is 64.1 Å². The van der Waals surface area contributed by atoms with Crippen LogP contribution < -0.4 is 16.4 Å². The van der Waals surface area contributed by atoms with E-state index >= 15 is 0 Å². The molecule has 0 heterocycles. The van der Waals surface area contributed by atoms with E-state index in [9.17, 15) is 9.18 Å². The lowest BCUT2D eigenvalue weighted by atomic mass is 9.91. The van der Waals surface area contributed by atoms with Gasteiger partial charge in [-0.3, -0.25) is 5.32 Å². The zero-order chi connectivity index (χ0) is 17.0. The number of rotatable bonds is 3. The summed E-state index contributed by atoms with van der Waals surface area (Å²) in [4.78, 5) is 11.9. The molecule has 4 N–H and O–H groups in total. The lowest BCUT2D eigenvalue weighted by Gasteiger charge is -2.28. The zero-order valence-corrected chi connectivity index (χ0v) is 14.0. The van der Waals surface area contributed by atoms with E-state index < -0.39 is 11.7 Å². The van der Waals surface area contributed by atoms with Crippen molar-refractivity contribution in [2.24, 2.45) is 5.73 Å². The van der Waals surface area contributed by atoms with Crippen LogP contribution in [0.25, 0.3) is 0 Å². The second-order valence-electron chi connectivity index (χ2n) is 7.07. The van der Waals surface area contributed by atoms with Crippen molar-refractivity contribution in [3.05, 3.63) is 24.0 Å². The smallest absolute Gasteiger partial charge is 0.412 e. The van der Waals surface area contributed by atoms with Crippen LogP contribution in [0, 0.1) is 5.82 Å². The summed E-state index contributed by atoms with van der Waals surface area (Å²) in [6.07, 6.45) is 3.20. The fourth-order valence-electron chi connectivity index (χ4n) is 2.64. The average Bonchev–Trinajstić information content (AvgIpc) is 2.42. The molecule has 0 aromatic heterocycles. The van der Waals surface area contributed by atoms with E-state index in [1.807, 2.05) is 0 Å². The van der Waals surface area contributed by atoms with Crippen molar-refractivity contribution in [1.82, 2.24) is 0 Å². The third-order valence-corrected chi connectivity index (χ3v) is 3.75. The highest BCUT2D eigenvalue weighted by Gasteiger charge is 2.21. The Bertz CT molecular complexity index is 549. The normalized spacial score (nSPS) is 21.6. The third kappa shape index (κ3) is 5.71. The fraction of sp³-hybridized carbons (Fsp3) is 0.588. The van der Waals surface area contributed by atoms with Gasteiger partial charge in [0.25, 0.3) is 0 Å². The lowest BCUT2D eigenvalue weighted by Crippen LogP contribution is -2.33. The number of hydrogen-bond acceptors (Lipinski definition) is 4. The van der Waals surface area contributed by atoms with Crippen molar-refractivity contribution >= 4 is 17.5 Å². The molecule has 5 nitrogen and oxygen atoms in total. The number of benzene rings is 1. The molecule has 1 aromatic rings. The van der Waals surface area contributed by atoms with Gasteiger partial charge < -0.3 is 15.8 Å². The standard InChI is InChI=1S/C17H26FN3O2/c1-17(2,3)23-16(22)21-14-9-4-11(18)10-15(14)20-13-7-5-12(19)6-8-13/h4,9-10,12-13,20H,5-8,19H2,1-3H3,(H,21,22). The van der Waals surface area contributed by atoms with Crippen LogP contribution in [0.5, 0.6) is 0 Å². The highest BCUT2D eigenvalue weighted by Crippen LogP contribution is 2.28. The minimum atomic E-state index is -0.586. The average molecular weight is 323 g/mol. The Morgan fingerprint density at radius 3 is 2.48 bits per heavy atom. The fourth-order valence-corrected chi connectivity index (χ4v) is 2.64. The van der Waals surface area contributed by atoms with Crippen molar-refractivity contribution in [3.8, 4) is 0 Å². The topological polar surface area (TPSA) is 76.4 Å². The largest absolute Gasteiger partial charge is 0.444 e. The SMILES string of the molecule is CC(C)(C)OC(=O)Nc1ccc(F)cc1NC1CCC(N)CC1. The van der Waals surface area contributed by atoms with Crippen molar-refractivity contribution in [2.75, 3.05) is 10.6 Å². The summed E-state index contributed by atoms with van der Waals surface area (Å²) in [6, 6.07) is 4.72. The summed E-state index contributed by atoms with van der Waals surface area (Å²) in [5, 5.41) is 5.99. The van der Waals surface area contributed by atoms with Crippen LogP contribution in [-0.4, -0.2) is 23.8 Å². The van der Waals surface area contributed by atoms with E-state index in [2.05, 4.69) is 10.6 Å². The number of halogens is 1. The number of anilines is 2. The Hall–Kier alpha value is -1.82. The Morgan fingerprint density at radius 1 is 1.22 bits per heavy atom. The molecule has 0 bridgehead atoms. The maximum Gasteiger partial charge on any atom is 0.412 e. The first-order valence-corrected chi connectivity index (χ1v) is 8.04. The molecule has 0 saturated heterocycles. The van der Waals surface area contributed by atoms with E-state index in [0.717, 1.165) is 25.7 Å². The van der Waals surface area contributed by atoms with Gasteiger partial charge in [-0.15, -0.1) is 0 Å². The van der Waals surface area contributed by atoms with Crippen LogP contribution in [0.1, 0.15) is 46.5 Å². The molecule has 128 valence electrons. The number of hydrogen-bond donors (Lipinski definition) is 3. The molecule has 1 aromatic carbocycles. The van der Waals surface area contributed by atoms with Gasteiger partial charge in [0.2, 0.25) is 0 Å². The van der Waals surface area contributed by atoms with Gasteiger partial charge in [-0.25, -0.2) is 9.18 Å². The van der Waals surface area contributed by atoms with Crippen LogP contribution in [0.4, 0.5) is 20.6 Å². The monoisotopic (exact) mass is 323 g/mol. The molecule has 0 radical (unpaired) electrons. The number of carbonyl (C=O) groups is 1. The summed E-state index contributed by atoms with van der Waals surface area (Å²) < 4.78 is 18.8. The molecular weight excluding hydrogens is 297 g/mol. The van der Waals surface area contributed by atoms with Crippen molar-refractivity contribution in [3.63, 3.8) is 0 Å². The second kappa shape index (κ2) is 7.17. The Kier molecular flexibility index (Phi) is 5.46. The van der Waals surface area contributed by atoms with Gasteiger partial charge in [0.1, 0.15) is 11.4 Å². The lowest BCUT2D eigenvalue weighted by molar-refractivity contribution is 0.0636. The van der Waals surface area contributed by atoms with Crippen molar-refractivity contribution in [1.29, 1.82) is 0 Å². The minimum absolute atomic E-state index is 0.232. The Labute approximate surface area is 136 Å². The molecule has 2 rings (SSSR count). The summed E-state index contributed by atoms with van der Waals surface area (Å²) >= 11 is 0. The molecule has 6 heteroatoms. The first-order valence-electron chi connectivity index (χ1n) is 8.04. The van der Waals surface area contributed by atoms with Crippen LogP contribution in [0.3, 0.4) is 0 Å². The summed E-state index contributed by atoms with van der Waals surface area (Å²) in [5.74, 6) is -0.352. The Balaban J connectivity index is 2.06. The number of nitrogens with two attached hydrogens (primary N) is 1. The number of ether oxygens (including phenoxy) is 1. The first-order chi connectivity index (χ1) is 10.7. The van der Waals surface area contributed by atoms with E-state index in [-0.39, 0.29) is 17.9 Å². The second-order valence-corrected chi connectivity index (χ2v) is 7.07. The zero-order valence-electron chi connectivity index (χ0n) is 14.0. The van der Waals surface area contributed by atoms with Gasteiger partial charge >= 0.3 is 6.09 Å². The third-order valence-electron chi connectivity index (χ3n) is 3.75. The molecule has 0 aliphatic heterocycles. The molecule has 0 spiro atoms. The van der Waals surface area contributed by atoms with Crippen LogP contribution in [-0.2, 0) is 4.74 Å². The van der Waals surface area contributed by atoms with E-state index in [0.29, 0.717) is 11.4 Å². The first kappa shape index (κ1) is 17.5. The molecule has 1 fully saturated rings. The molecule has 0 atom stereocenters. The van der Waals surface area contributed by atoms with Gasteiger partial charge in [0, 0.05) is 12.1 Å². The van der Waals surface area contributed by atoms with Gasteiger partial charge in [0.15, 0.2) is 0 Å². The maximum atomic E-state index is 13.6. The molecule has 0 unspecified atom stereocenters. The molecule has 1 amide bonds. The van der Waals surface area contributed by atoms with E-state index in [1.165, 1.54) is 18.2 Å². The van der Waals surface area contributed by atoms with Crippen LogP contribution in [0.2, 0.25) is 0 Å². The predicted molar refractivity (Wildman–Crippen MR) is 90.1 cm³/mol. The molecule has 23 heavy (non-hydrogen) atoms. The summed E-state index contributed by atoms with van der Waals surface area (Å²) in [6.45, 7) is 5.38. The molecule has 1 aliphatic carbocycles. The van der Waals surface area contributed by atoms with Crippen molar-refractivity contribution < 1.29 is 13.9 Å².